The number of aryl methyl sites for hydroxylation is 1. The summed E-state index contributed by atoms with van der Waals surface area (Å²) in [5.41, 5.74) is 2.81. The topological polar surface area (TPSA) is 76.9 Å². The first-order valence-corrected chi connectivity index (χ1v) is 11.5. The van der Waals surface area contributed by atoms with Gasteiger partial charge in [0.1, 0.15) is 5.82 Å². The van der Waals surface area contributed by atoms with Crippen LogP contribution in [0.25, 0.3) is 5.69 Å². The monoisotopic (exact) mass is 486 g/mol. The molecule has 156 valence electrons. The van der Waals surface area contributed by atoms with Crippen molar-refractivity contribution in [3.8, 4) is 5.69 Å². The van der Waals surface area contributed by atoms with Gasteiger partial charge >= 0.3 is 0 Å². The van der Waals surface area contributed by atoms with E-state index >= 15 is 0 Å². The number of Topliss-reactive ketones (excluding diaryl/α,β-unsaturated/α-hetero) is 1. The number of halogens is 1. The summed E-state index contributed by atoms with van der Waals surface area (Å²) in [5.74, 6) is 0.964. The van der Waals surface area contributed by atoms with Crippen molar-refractivity contribution >= 4 is 39.4 Å². The second-order valence-electron chi connectivity index (χ2n) is 6.71. The number of carbonyl (C=O) groups excluding carboxylic acids is 2. The highest BCUT2D eigenvalue weighted by Gasteiger charge is 2.16. The Hall–Kier alpha value is -2.45. The standard InChI is InChI=1S/C22H23BrN4O2S/c1-3-16-4-6-17(7-5-16)20(29)14-30-22-26-25-21(12-13-24-15(2)28)27(22)19-10-8-18(23)9-11-19/h4-11H,3,12-14H2,1-2H3,(H,24,28). The molecule has 30 heavy (non-hydrogen) atoms. The Balaban J connectivity index is 1.78. The van der Waals surface area contributed by atoms with Crippen molar-refractivity contribution in [2.45, 2.75) is 31.8 Å². The molecule has 0 unspecified atom stereocenters. The molecule has 0 aliphatic heterocycles. The summed E-state index contributed by atoms with van der Waals surface area (Å²) in [7, 11) is 0. The number of rotatable bonds is 9. The molecule has 0 atom stereocenters. The number of nitrogens with one attached hydrogen (secondary N) is 1. The normalized spacial score (nSPS) is 10.8. The van der Waals surface area contributed by atoms with Crippen LogP contribution in [0.3, 0.4) is 0 Å². The third kappa shape index (κ3) is 5.79. The Morgan fingerprint density at radius 3 is 2.40 bits per heavy atom. The number of benzene rings is 2. The number of hydrogen-bond acceptors (Lipinski definition) is 5. The third-order valence-electron chi connectivity index (χ3n) is 4.52. The molecule has 8 heteroatoms. The lowest BCUT2D eigenvalue weighted by Crippen LogP contribution is -2.23. The average molecular weight is 487 g/mol. The Morgan fingerprint density at radius 2 is 1.77 bits per heavy atom. The molecule has 0 saturated carbocycles. The van der Waals surface area contributed by atoms with Gasteiger partial charge in [-0.2, -0.15) is 0 Å². The van der Waals surface area contributed by atoms with Gasteiger partial charge in [0.05, 0.1) is 5.75 Å². The maximum Gasteiger partial charge on any atom is 0.216 e. The van der Waals surface area contributed by atoms with Gasteiger partial charge in [-0.05, 0) is 36.2 Å². The van der Waals surface area contributed by atoms with Crippen LogP contribution in [0, 0.1) is 0 Å². The number of amides is 1. The fourth-order valence-electron chi connectivity index (χ4n) is 2.90. The smallest absolute Gasteiger partial charge is 0.216 e. The SMILES string of the molecule is CCc1ccc(C(=O)CSc2nnc(CCNC(C)=O)n2-c2ccc(Br)cc2)cc1. The minimum Gasteiger partial charge on any atom is -0.356 e. The van der Waals surface area contributed by atoms with E-state index in [0.29, 0.717) is 23.7 Å². The van der Waals surface area contributed by atoms with Crippen LogP contribution in [0.4, 0.5) is 0 Å². The predicted octanol–water partition coefficient (Wildman–Crippen LogP) is 4.25. The summed E-state index contributed by atoms with van der Waals surface area (Å²) >= 11 is 4.81. The third-order valence-corrected chi connectivity index (χ3v) is 5.98. The molecule has 2 aromatic carbocycles. The van der Waals surface area contributed by atoms with Gasteiger partial charge in [-0.25, -0.2) is 0 Å². The largest absolute Gasteiger partial charge is 0.356 e. The number of thioether (sulfide) groups is 1. The van der Waals surface area contributed by atoms with Crippen molar-refractivity contribution in [3.05, 3.63) is 70.0 Å². The molecule has 0 aliphatic carbocycles. The van der Waals surface area contributed by atoms with Crippen LogP contribution in [0.2, 0.25) is 0 Å². The van der Waals surface area contributed by atoms with Gasteiger partial charge in [-0.15, -0.1) is 10.2 Å². The van der Waals surface area contributed by atoms with E-state index < -0.39 is 0 Å². The van der Waals surface area contributed by atoms with Crippen LogP contribution in [0.1, 0.15) is 35.6 Å². The highest BCUT2D eigenvalue weighted by Crippen LogP contribution is 2.24. The molecular weight excluding hydrogens is 464 g/mol. The summed E-state index contributed by atoms with van der Waals surface area (Å²) in [5, 5.41) is 12.0. The molecular formula is C22H23BrN4O2S. The van der Waals surface area contributed by atoms with E-state index in [2.05, 4.69) is 38.4 Å². The van der Waals surface area contributed by atoms with Gasteiger partial charge in [0.25, 0.3) is 0 Å². The van der Waals surface area contributed by atoms with E-state index in [9.17, 15) is 9.59 Å². The fourth-order valence-corrected chi connectivity index (χ4v) is 4.02. The molecule has 1 heterocycles. The Morgan fingerprint density at radius 1 is 1.07 bits per heavy atom. The van der Waals surface area contributed by atoms with Crippen LogP contribution in [0.15, 0.2) is 58.2 Å². The zero-order valence-corrected chi connectivity index (χ0v) is 19.3. The Kier molecular flexibility index (Phi) is 7.81. The second kappa shape index (κ2) is 10.5. The molecule has 1 N–H and O–H groups in total. The highest BCUT2D eigenvalue weighted by molar-refractivity contribution is 9.10. The number of hydrogen-bond donors (Lipinski definition) is 1. The number of nitrogens with zero attached hydrogens (tertiary/aromatic N) is 3. The van der Waals surface area contributed by atoms with Crippen molar-refractivity contribution in [2.24, 2.45) is 0 Å². The van der Waals surface area contributed by atoms with Gasteiger partial charge in [0.15, 0.2) is 10.9 Å². The first-order chi connectivity index (χ1) is 14.5. The maximum absolute atomic E-state index is 12.6. The molecule has 1 amide bonds. The minimum atomic E-state index is -0.0843. The molecule has 1 aromatic heterocycles. The lowest BCUT2D eigenvalue weighted by Gasteiger charge is -2.10. The van der Waals surface area contributed by atoms with Crippen LogP contribution in [0.5, 0.6) is 0 Å². The Labute approximate surface area is 188 Å². The van der Waals surface area contributed by atoms with Crippen molar-refractivity contribution in [2.75, 3.05) is 12.3 Å². The van der Waals surface area contributed by atoms with Gasteiger partial charge in [0, 0.05) is 35.6 Å². The van der Waals surface area contributed by atoms with E-state index in [-0.39, 0.29) is 17.4 Å². The van der Waals surface area contributed by atoms with Crippen LogP contribution < -0.4 is 5.32 Å². The van der Waals surface area contributed by atoms with E-state index in [4.69, 9.17) is 0 Å². The molecule has 0 aliphatic rings. The van der Waals surface area contributed by atoms with Crippen molar-refractivity contribution < 1.29 is 9.59 Å². The van der Waals surface area contributed by atoms with E-state index in [1.807, 2.05) is 53.1 Å². The summed E-state index contributed by atoms with van der Waals surface area (Å²) in [6.45, 7) is 4.04. The molecule has 0 spiro atoms. The minimum absolute atomic E-state index is 0.0489. The quantitative estimate of drug-likeness (QED) is 0.361. The summed E-state index contributed by atoms with van der Waals surface area (Å²) < 4.78 is 2.91. The van der Waals surface area contributed by atoms with Crippen molar-refractivity contribution in [3.63, 3.8) is 0 Å². The van der Waals surface area contributed by atoms with Crippen LogP contribution >= 0.6 is 27.7 Å². The number of carbonyl (C=O) groups is 2. The molecule has 3 rings (SSSR count). The summed E-state index contributed by atoms with van der Waals surface area (Å²) in [4.78, 5) is 23.8. The van der Waals surface area contributed by atoms with Gasteiger partial charge in [-0.3, -0.25) is 14.2 Å². The van der Waals surface area contributed by atoms with Crippen molar-refractivity contribution in [1.82, 2.24) is 20.1 Å². The van der Waals surface area contributed by atoms with Crippen molar-refractivity contribution in [1.29, 1.82) is 0 Å². The predicted molar refractivity (Wildman–Crippen MR) is 122 cm³/mol. The molecule has 6 nitrogen and oxygen atoms in total. The fraction of sp³-hybridized carbons (Fsp3) is 0.273. The lowest BCUT2D eigenvalue weighted by molar-refractivity contribution is -0.118. The maximum atomic E-state index is 12.6. The van der Waals surface area contributed by atoms with Gasteiger partial charge in [-0.1, -0.05) is 58.9 Å². The first kappa shape index (κ1) is 22.2. The van der Waals surface area contributed by atoms with E-state index in [1.165, 1.54) is 24.2 Å². The zero-order chi connectivity index (χ0) is 21.5. The number of aromatic nitrogens is 3. The Bertz CT molecular complexity index is 1020. The molecule has 0 fully saturated rings. The summed E-state index contributed by atoms with van der Waals surface area (Å²) in [6.07, 6.45) is 1.48. The first-order valence-electron chi connectivity index (χ1n) is 9.67. The van der Waals surface area contributed by atoms with Crippen LogP contribution in [-0.2, 0) is 17.6 Å². The van der Waals surface area contributed by atoms with Crippen LogP contribution in [-0.4, -0.2) is 38.8 Å². The lowest BCUT2D eigenvalue weighted by atomic mass is 10.1. The second-order valence-corrected chi connectivity index (χ2v) is 8.56. The van der Waals surface area contributed by atoms with Gasteiger partial charge in [0.2, 0.25) is 5.91 Å². The van der Waals surface area contributed by atoms with E-state index in [0.717, 1.165) is 22.4 Å². The average Bonchev–Trinajstić information content (AvgIpc) is 3.15. The molecule has 3 aromatic rings. The van der Waals surface area contributed by atoms with Gasteiger partial charge < -0.3 is 5.32 Å². The van der Waals surface area contributed by atoms with E-state index in [1.54, 1.807) is 0 Å². The number of ketones is 1. The molecule has 0 bridgehead atoms. The molecule has 0 saturated heterocycles. The highest BCUT2D eigenvalue weighted by atomic mass is 79.9. The zero-order valence-electron chi connectivity index (χ0n) is 16.9. The molecule has 0 radical (unpaired) electrons. The summed E-state index contributed by atoms with van der Waals surface area (Å²) in [6, 6.07) is 15.5.